The standard InChI is InChI=1S/C26H28N2O6/c1-2-15-34-21-9-5-19(6-10-21)24(30)22-23(18-3-7-20(29)8-4-18)28(26(32)25(22)31)12-11-27-13-16-33-17-14-27/h2-10,23,29-30H,1,11-17H2/b24-22+/t23-/m1/s1. The third-order valence-electron chi connectivity index (χ3n) is 6.01. The normalized spacial score (nSPS) is 20.5. The van der Waals surface area contributed by atoms with Crippen LogP contribution >= 0.6 is 0 Å². The second-order valence-corrected chi connectivity index (χ2v) is 8.16. The molecule has 2 heterocycles. The summed E-state index contributed by atoms with van der Waals surface area (Å²) in [5.41, 5.74) is 1.06. The molecule has 0 aliphatic carbocycles. The average molecular weight is 465 g/mol. The predicted molar refractivity (Wildman–Crippen MR) is 127 cm³/mol. The number of carbonyl (C=O) groups is 2. The molecule has 0 radical (unpaired) electrons. The van der Waals surface area contributed by atoms with E-state index in [1.807, 2.05) is 0 Å². The molecule has 178 valence electrons. The molecule has 2 fully saturated rings. The van der Waals surface area contributed by atoms with E-state index < -0.39 is 17.7 Å². The lowest BCUT2D eigenvalue weighted by Crippen LogP contribution is -2.42. The van der Waals surface area contributed by atoms with Crippen LogP contribution in [0.5, 0.6) is 11.5 Å². The fourth-order valence-electron chi connectivity index (χ4n) is 4.21. The van der Waals surface area contributed by atoms with Crippen molar-refractivity contribution in [2.75, 3.05) is 46.0 Å². The minimum absolute atomic E-state index is 0.0254. The molecule has 2 aromatic rings. The van der Waals surface area contributed by atoms with E-state index in [0.717, 1.165) is 13.1 Å². The van der Waals surface area contributed by atoms with Crippen molar-refractivity contribution in [3.05, 3.63) is 77.9 Å². The lowest BCUT2D eigenvalue weighted by molar-refractivity contribution is -0.140. The number of amides is 1. The van der Waals surface area contributed by atoms with E-state index in [0.29, 0.717) is 49.8 Å². The van der Waals surface area contributed by atoms with Crippen molar-refractivity contribution in [1.82, 2.24) is 9.80 Å². The minimum Gasteiger partial charge on any atom is -0.508 e. The highest BCUT2D eigenvalue weighted by molar-refractivity contribution is 6.46. The van der Waals surface area contributed by atoms with Crippen LogP contribution < -0.4 is 4.74 Å². The molecule has 8 heteroatoms. The van der Waals surface area contributed by atoms with Gasteiger partial charge in [0.05, 0.1) is 24.8 Å². The Hall–Kier alpha value is -3.62. The van der Waals surface area contributed by atoms with Crippen molar-refractivity contribution in [2.45, 2.75) is 6.04 Å². The van der Waals surface area contributed by atoms with Gasteiger partial charge in [0, 0.05) is 31.7 Å². The Kier molecular flexibility index (Phi) is 7.30. The molecule has 8 nitrogen and oxygen atoms in total. The van der Waals surface area contributed by atoms with Crippen molar-refractivity contribution in [1.29, 1.82) is 0 Å². The van der Waals surface area contributed by atoms with Gasteiger partial charge in [-0.2, -0.15) is 0 Å². The maximum absolute atomic E-state index is 13.1. The van der Waals surface area contributed by atoms with E-state index in [4.69, 9.17) is 9.47 Å². The molecular weight excluding hydrogens is 436 g/mol. The number of morpholine rings is 1. The highest BCUT2D eigenvalue weighted by Crippen LogP contribution is 2.39. The topological polar surface area (TPSA) is 99.5 Å². The van der Waals surface area contributed by atoms with Gasteiger partial charge in [-0.05, 0) is 42.0 Å². The van der Waals surface area contributed by atoms with Crippen LogP contribution in [0.3, 0.4) is 0 Å². The molecule has 1 amide bonds. The second-order valence-electron chi connectivity index (χ2n) is 8.16. The van der Waals surface area contributed by atoms with E-state index in [1.165, 1.54) is 17.0 Å². The number of ketones is 1. The van der Waals surface area contributed by atoms with Crippen LogP contribution in [0.4, 0.5) is 0 Å². The van der Waals surface area contributed by atoms with Crippen molar-refractivity contribution < 1.29 is 29.3 Å². The molecule has 2 saturated heterocycles. The smallest absolute Gasteiger partial charge is 0.295 e. The maximum Gasteiger partial charge on any atom is 0.295 e. The fraction of sp³-hybridized carbons (Fsp3) is 0.308. The lowest BCUT2D eigenvalue weighted by Gasteiger charge is -2.31. The highest BCUT2D eigenvalue weighted by Gasteiger charge is 2.46. The molecule has 0 bridgehead atoms. The summed E-state index contributed by atoms with van der Waals surface area (Å²) >= 11 is 0. The van der Waals surface area contributed by atoms with E-state index in [9.17, 15) is 19.8 Å². The number of benzene rings is 2. The Bertz CT molecular complexity index is 1070. The summed E-state index contributed by atoms with van der Waals surface area (Å²) in [7, 11) is 0. The molecule has 4 rings (SSSR count). The number of aliphatic hydroxyl groups is 1. The predicted octanol–water partition coefficient (Wildman–Crippen LogP) is 2.71. The number of carbonyl (C=O) groups excluding carboxylic acids is 2. The third-order valence-corrected chi connectivity index (χ3v) is 6.01. The number of hydrogen-bond acceptors (Lipinski definition) is 7. The Morgan fingerprint density at radius 1 is 1.06 bits per heavy atom. The number of rotatable bonds is 8. The van der Waals surface area contributed by atoms with Gasteiger partial charge < -0.3 is 24.6 Å². The summed E-state index contributed by atoms with van der Waals surface area (Å²) in [5, 5.41) is 20.9. The van der Waals surface area contributed by atoms with Gasteiger partial charge in [-0.1, -0.05) is 24.8 Å². The Balaban J connectivity index is 1.68. The van der Waals surface area contributed by atoms with Gasteiger partial charge in [0.15, 0.2) is 0 Å². The van der Waals surface area contributed by atoms with Crippen LogP contribution in [0.15, 0.2) is 66.8 Å². The molecule has 1 atom stereocenters. The second kappa shape index (κ2) is 10.5. The Morgan fingerprint density at radius 2 is 1.74 bits per heavy atom. The summed E-state index contributed by atoms with van der Waals surface area (Å²) in [5.74, 6) is -0.967. The number of phenolic OH excluding ortho intramolecular Hbond substituents is 1. The van der Waals surface area contributed by atoms with Gasteiger partial charge in [-0.3, -0.25) is 14.5 Å². The van der Waals surface area contributed by atoms with Gasteiger partial charge >= 0.3 is 0 Å². The number of aliphatic hydroxyl groups excluding tert-OH is 1. The highest BCUT2D eigenvalue weighted by atomic mass is 16.5. The van der Waals surface area contributed by atoms with Crippen LogP contribution in [0, 0.1) is 0 Å². The molecular formula is C26H28N2O6. The molecule has 2 N–H and O–H groups in total. The van der Waals surface area contributed by atoms with Crippen molar-refractivity contribution in [2.24, 2.45) is 0 Å². The molecule has 0 unspecified atom stereocenters. The summed E-state index contributed by atoms with van der Waals surface area (Å²) in [6, 6.07) is 12.2. The van der Waals surface area contributed by atoms with E-state index in [1.54, 1.807) is 42.5 Å². The average Bonchev–Trinajstić information content (AvgIpc) is 3.12. The zero-order valence-corrected chi connectivity index (χ0v) is 18.9. The van der Waals surface area contributed by atoms with Crippen molar-refractivity contribution in [3.63, 3.8) is 0 Å². The van der Waals surface area contributed by atoms with Crippen LogP contribution in [-0.2, 0) is 14.3 Å². The molecule has 2 aromatic carbocycles. The first-order valence-electron chi connectivity index (χ1n) is 11.2. The van der Waals surface area contributed by atoms with Gasteiger partial charge in [-0.15, -0.1) is 0 Å². The molecule has 34 heavy (non-hydrogen) atoms. The van der Waals surface area contributed by atoms with Gasteiger partial charge in [0.2, 0.25) is 0 Å². The van der Waals surface area contributed by atoms with Gasteiger partial charge in [-0.25, -0.2) is 0 Å². The number of aromatic hydroxyl groups is 1. The van der Waals surface area contributed by atoms with Crippen molar-refractivity contribution >= 4 is 17.4 Å². The zero-order valence-electron chi connectivity index (χ0n) is 18.9. The van der Waals surface area contributed by atoms with Crippen molar-refractivity contribution in [3.8, 4) is 11.5 Å². The summed E-state index contributed by atoms with van der Waals surface area (Å²) in [6.07, 6.45) is 1.63. The van der Waals surface area contributed by atoms with E-state index in [2.05, 4.69) is 11.5 Å². The zero-order chi connectivity index (χ0) is 24.1. The van der Waals surface area contributed by atoms with Crippen LogP contribution in [0.2, 0.25) is 0 Å². The first-order chi connectivity index (χ1) is 16.5. The molecule has 0 spiro atoms. The van der Waals surface area contributed by atoms with Crippen LogP contribution in [0.1, 0.15) is 17.2 Å². The minimum atomic E-state index is -0.765. The van der Waals surface area contributed by atoms with Crippen LogP contribution in [-0.4, -0.2) is 77.7 Å². The first kappa shape index (κ1) is 23.5. The quantitative estimate of drug-likeness (QED) is 0.268. The summed E-state index contributed by atoms with van der Waals surface area (Å²) in [4.78, 5) is 29.8. The van der Waals surface area contributed by atoms with E-state index >= 15 is 0 Å². The Morgan fingerprint density at radius 3 is 2.38 bits per heavy atom. The van der Waals surface area contributed by atoms with Crippen LogP contribution in [0.25, 0.3) is 5.76 Å². The molecule has 2 aliphatic heterocycles. The summed E-state index contributed by atoms with van der Waals surface area (Å²) in [6.45, 7) is 7.64. The molecule has 0 aromatic heterocycles. The number of phenols is 1. The van der Waals surface area contributed by atoms with Gasteiger partial charge in [0.25, 0.3) is 11.7 Å². The number of likely N-dealkylation sites (tertiary alicyclic amines) is 1. The Labute approximate surface area is 198 Å². The number of Topliss-reactive ketones (excluding diaryl/α,β-unsaturated/α-hetero) is 1. The summed E-state index contributed by atoms with van der Waals surface area (Å²) < 4.78 is 10.9. The van der Waals surface area contributed by atoms with Gasteiger partial charge in [0.1, 0.15) is 23.9 Å². The van der Waals surface area contributed by atoms with E-state index in [-0.39, 0.29) is 17.1 Å². The molecule has 2 aliphatic rings. The largest absolute Gasteiger partial charge is 0.508 e. The first-order valence-corrected chi connectivity index (χ1v) is 11.2. The SMILES string of the molecule is C=CCOc1ccc(/C(O)=C2\C(=O)C(=O)N(CCN3CCOCC3)[C@@H]2c2ccc(O)cc2)cc1. The fourth-order valence-corrected chi connectivity index (χ4v) is 4.21. The number of hydrogen-bond donors (Lipinski definition) is 2. The monoisotopic (exact) mass is 464 g/mol. The maximum atomic E-state index is 13.1. The molecule has 0 saturated carbocycles. The number of nitrogens with zero attached hydrogens (tertiary/aromatic N) is 2. The third kappa shape index (κ3) is 4.98. The lowest BCUT2D eigenvalue weighted by atomic mass is 9.95. The number of ether oxygens (including phenoxy) is 2.